The molecule has 1 aromatic rings. The number of amides is 1. The molecule has 0 bridgehead atoms. The van der Waals surface area contributed by atoms with Crippen LogP contribution in [0.1, 0.15) is 24.2 Å². The van der Waals surface area contributed by atoms with Crippen molar-refractivity contribution in [1.29, 1.82) is 0 Å². The van der Waals surface area contributed by atoms with E-state index in [1.54, 1.807) is 17.0 Å². The van der Waals surface area contributed by atoms with Gasteiger partial charge in [0, 0.05) is 18.7 Å². The zero-order chi connectivity index (χ0) is 12.6. The molecule has 0 radical (unpaired) electrons. The molecular formula is C13H17FN2O. The number of benzene rings is 1. The van der Waals surface area contributed by atoms with Gasteiger partial charge >= 0.3 is 0 Å². The number of halogens is 1. The van der Waals surface area contributed by atoms with Crippen LogP contribution in [0.3, 0.4) is 0 Å². The van der Waals surface area contributed by atoms with Crippen LogP contribution in [0, 0.1) is 11.7 Å². The molecule has 2 rings (SSSR count). The lowest BCUT2D eigenvalue weighted by Crippen LogP contribution is -2.71. The SMILES string of the molecule is CC(C)C1(N)CN(C(=O)c2cccc(F)c2)C1. The Morgan fingerprint density at radius 3 is 2.65 bits per heavy atom. The highest BCUT2D eigenvalue weighted by molar-refractivity contribution is 5.95. The van der Waals surface area contributed by atoms with Crippen molar-refractivity contribution in [1.82, 2.24) is 4.90 Å². The van der Waals surface area contributed by atoms with E-state index in [1.165, 1.54) is 12.1 Å². The average molecular weight is 236 g/mol. The van der Waals surface area contributed by atoms with E-state index in [1.807, 2.05) is 13.8 Å². The number of rotatable bonds is 2. The van der Waals surface area contributed by atoms with Crippen LogP contribution in [0.15, 0.2) is 24.3 Å². The zero-order valence-corrected chi connectivity index (χ0v) is 10.1. The molecule has 0 unspecified atom stereocenters. The van der Waals surface area contributed by atoms with E-state index < -0.39 is 0 Å². The lowest BCUT2D eigenvalue weighted by Gasteiger charge is -2.50. The van der Waals surface area contributed by atoms with Gasteiger partial charge in [-0.1, -0.05) is 19.9 Å². The van der Waals surface area contributed by atoms with E-state index in [4.69, 9.17) is 5.73 Å². The maximum atomic E-state index is 13.0. The number of hydrogen-bond acceptors (Lipinski definition) is 2. The molecule has 0 saturated carbocycles. The van der Waals surface area contributed by atoms with Crippen molar-refractivity contribution < 1.29 is 9.18 Å². The van der Waals surface area contributed by atoms with Crippen LogP contribution in [0.4, 0.5) is 4.39 Å². The number of hydrogen-bond donors (Lipinski definition) is 1. The van der Waals surface area contributed by atoms with E-state index in [0.29, 0.717) is 24.6 Å². The van der Waals surface area contributed by atoms with E-state index in [0.717, 1.165) is 0 Å². The van der Waals surface area contributed by atoms with Gasteiger partial charge in [-0.2, -0.15) is 0 Å². The van der Waals surface area contributed by atoms with Crippen molar-refractivity contribution in [2.75, 3.05) is 13.1 Å². The summed E-state index contributed by atoms with van der Waals surface area (Å²) in [7, 11) is 0. The summed E-state index contributed by atoms with van der Waals surface area (Å²) in [6, 6.07) is 5.75. The van der Waals surface area contributed by atoms with Crippen LogP contribution in [0.25, 0.3) is 0 Å². The zero-order valence-electron chi connectivity index (χ0n) is 10.1. The molecule has 3 nitrogen and oxygen atoms in total. The highest BCUT2D eigenvalue weighted by atomic mass is 19.1. The van der Waals surface area contributed by atoms with Crippen molar-refractivity contribution in [2.24, 2.45) is 11.7 Å². The molecule has 92 valence electrons. The fourth-order valence-electron chi connectivity index (χ4n) is 1.98. The van der Waals surface area contributed by atoms with Gasteiger partial charge in [-0.05, 0) is 24.1 Å². The minimum Gasteiger partial charge on any atom is -0.335 e. The van der Waals surface area contributed by atoms with Gasteiger partial charge in [0.1, 0.15) is 5.82 Å². The van der Waals surface area contributed by atoms with Gasteiger partial charge < -0.3 is 10.6 Å². The predicted molar refractivity (Wildman–Crippen MR) is 64.1 cm³/mol. The second-order valence-corrected chi connectivity index (χ2v) is 5.06. The highest BCUT2D eigenvalue weighted by Crippen LogP contribution is 2.27. The highest BCUT2D eigenvalue weighted by Gasteiger charge is 2.44. The van der Waals surface area contributed by atoms with Crippen LogP contribution in [0.2, 0.25) is 0 Å². The normalized spacial score (nSPS) is 18.1. The van der Waals surface area contributed by atoms with Gasteiger partial charge in [-0.3, -0.25) is 4.79 Å². The van der Waals surface area contributed by atoms with Crippen LogP contribution in [-0.2, 0) is 0 Å². The topological polar surface area (TPSA) is 46.3 Å². The Bertz CT molecular complexity index is 439. The average Bonchev–Trinajstić information content (AvgIpc) is 2.23. The first kappa shape index (κ1) is 12.0. The Kier molecular flexibility index (Phi) is 2.91. The predicted octanol–water partition coefficient (Wildman–Crippen LogP) is 1.64. The standard InChI is InChI=1S/C13H17FN2O/c1-9(2)13(15)7-16(8-13)12(17)10-4-3-5-11(14)6-10/h3-6,9H,7-8,15H2,1-2H3. The Balaban J connectivity index is 2.05. The smallest absolute Gasteiger partial charge is 0.254 e. The molecule has 0 aromatic heterocycles. The molecule has 0 atom stereocenters. The van der Waals surface area contributed by atoms with Crippen molar-refractivity contribution in [3.63, 3.8) is 0 Å². The van der Waals surface area contributed by atoms with Gasteiger partial charge in [-0.25, -0.2) is 4.39 Å². The van der Waals surface area contributed by atoms with Gasteiger partial charge in [0.25, 0.3) is 5.91 Å². The maximum Gasteiger partial charge on any atom is 0.254 e. The van der Waals surface area contributed by atoms with E-state index >= 15 is 0 Å². The number of nitrogens with two attached hydrogens (primary N) is 1. The van der Waals surface area contributed by atoms with E-state index in [9.17, 15) is 9.18 Å². The Morgan fingerprint density at radius 1 is 1.47 bits per heavy atom. The summed E-state index contributed by atoms with van der Waals surface area (Å²) in [4.78, 5) is 13.7. The third kappa shape index (κ3) is 2.17. The first-order valence-electron chi connectivity index (χ1n) is 5.76. The van der Waals surface area contributed by atoms with Gasteiger partial charge in [0.05, 0.1) is 5.54 Å². The lowest BCUT2D eigenvalue weighted by molar-refractivity contribution is 0.0274. The molecule has 1 fully saturated rings. The van der Waals surface area contributed by atoms with Crippen LogP contribution in [0.5, 0.6) is 0 Å². The van der Waals surface area contributed by atoms with E-state index in [2.05, 4.69) is 0 Å². The quantitative estimate of drug-likeness (QED) is 0.848. The molecule has 4 heteroatoms. The summed E-state index contributed by atoms with van der Waals surface area (Å²) < 4.78 is 13.0. The molecule has 1 aliphatic heterocycles. The molecule has 1 aliphatic rings. The molecule has 0 aliphatic carbocycles. The molecule has 1 heterocycles. The minimum atomic E-state index is -0.390. The second-order valence-electron chi connectivity index (χ2n) is 5.06. The Hall–Kier alpha value is -1.42. The fraction of sp³-hybridized carbons (Fsp3) is 0.462. The summed E-state index contributed by atoms with van der Waals surface area (Å²) in [5.74, 6) is -0.204. The number of likely N-dealkylation sites (tertiary alicyclic amines) is 1. The summed E-state index contributed by atoms with van der Waals surface area (Å²) in [5.41, 5.74) is 6.21. The molecule has 2 N–H and O–H groups in total. The number of carbonyl (C=O) groups is 1. The molecule has 1 amide bonds. The van der Waals surface area contributed by atoms with Gasteiger partial charge in [-0.15, -0.1) is 0 Å². The largest absolute Gasteiger partial charge is 0.335 e. The van der Waals surface area contributed by atoms with Gasteiger partial charge in [0.15, 0.2) is 0 Å². The number of nitrogens with zero attached hydrogens (tertiary/aromatic N) is 1. The maximum absolute atomic E-state index is 13.0. The minimum absolute atomic E-state index is 0.147. The Morgan fingerprint density at radius 2 is 2.12 bits per heavy atom. The van der Waals surface area contributed by atoms with E-state index in [-0.39, 0.29) is 17.3 Å². The fourth-order valence-corrected chi connectivity index (χ4v) is 1.98. The molecule has 1 aromatic carbocycles. The summed E-state index contributed by atoms with van der Waals surface area (Å²) >= 11 is 0. The third-order valence-electron chi connectivity index (χ3n) is 3.48. The van der Waals surface area contributed by atoms with Crippen LogP contribution < -0.4 is 5.73 Å². The molecule has 1 saturated heterocycles. The second kappa shape index (κ2) is 4.11. The molecular weight excluding hydrogens is 219 g/mol. The van der Waals surface area contributed by atoms with Crippen molar-refractivity contribution >= 4 is 5.91 Å². The molecule has 17 heavy (non-hydrogen) atoms. The summed E-state index contributed by atoms with van der Waals surface area (Å²) in [6.07, 6.45) is 0. The number of carbonyl (C=O) groups excluding carboxylic acids is 1. The first-order chi connectivity index (χ1) is 7.92. The first-order valence-corrected chi connectivity index (χ1v) is 5.76. The summed E-state index contributed by atoms with van der Waals surface area (Å²) in [5, 5.41) is 0. The van der Waals surface area contributed by atoms with Crippen molar-refractivity contribution in [3.8, 4) is 0 Å². The van der Waals surface area contributed by atoms with Crippen molar-refractivity contribution in [3.05, 3.63) is 35.6 Å². The van der Waals surface area contributed by atoms with Gasteiger partial charge in [0.2, 0.25) is 0 Å². The monoisotopic (exact) mass is 236 g/mol. The Labute approximate surface area is 100 Å². The third-order valence-corrected chi connectivity index (χ3v) is 3.48. The van der Waals surface area contributed by atoms with Crippen LogP contribution in [-0.4, -0.2) is 29.4 Å². The summed E-state index contributed by atoms with van der Waals surface area (Å²) in [6.45, 7) is 5.17. The van der Waals surface area contributed by atoms with Crippen LogP contribution >= 0.6 is 0 Å². The molecule has 0 spiro atoms. The van der Waals surface area contributed by atoms with Crippen molar-refractivity contribution in [2.45, 2.75) is 19.4 Å². The lowest BCUT2D eigenvalue weighted by atomic mass is 9.80.